The molecule has 23 heavy (non-hydrogen) atoms. The van der Waals surface area contributed by atoms with Crippen molar-refractivity contribution in [2.75, 3.05) is 25.1 Å². The first-order valence-corrected chi connectivity index (χ1v) is 8.34. The Labute approximate surface area is 139 Å². The molecule has 0 radical (unpaired) electrons. The Kier molecular flexibility index (Phi) is 6.22. The molecular formula is C16H20N2O4S. The monoisotopic (exact) mass is 336 g/mol. The average molecular weight is 336 g/mol. The van der Waals surface area contributed by atoms with Gasteiger partial charge in [-0.05, 0) is 32.9 Å². The van der Waals surface area contributed by atoms with Gasteiger partial charge < -0.3 is 14.2 Å². The third-order valence-corrected chi connectivity index (χ3v) is 3.51. The van der Waals surface area contributed by atoms with Gasteiger partial charge in [-0.2, -0.15) is 0 Å². The van der Waals surface area contributed by atoms with Crippen molar-refractivity contribution in [2.24, 2.45) is 0 Å². The van der Waals surface area contributed by atoms with Gasteiger partial charge in [-0.3, -0.25) is 10.1 Å². The first-order chi connectivity index (χ1) is 11.2. The Morgan fingerprint density at radius 1 is 1.09 bits per heavy atom. The number of hydrogen-bond acceptors (Lipinski definition) is 6. The van der Waals surface area contributed by atoms with Gasteiger partial charge in [0.2, 0.25) is 5.75 Å². The van der Waals surface area contributed by atoms with Crippen LogP contribution in [0.3, 0.4) is 0 Å². The second kappa shape index (κ2) is 8.38. The van der Waals surface area contributed by atoms with Gasteiger partial charge in [0, 0.05) is 17.1 Å². The van der Waals surface area contributed by atoms with Gasteiger partial charge in [0.1, 0.15) is 0 Å². The Hall–Kier alpha value is -2.28. The number of thiazole rings is 1. The van der Waals surface area contributed by atoms with Crippen molar-refractivity contribution in [3.63, 3.8) is 0 Å². The van der Waals surface area contributed by atoms with E-state index < -0.39 is 0 Å². The molecule has 2 aromatic rings. The Morgan fingerprint density at radius 3 is 2.17 bits per heavy atom. The molecule has 6 nitrogen and oxygen atoms in total. The fraction of sp³-hybridized carbons (Fsp3) is 0.375. The smallest absolute Gasteiger partial charge is 0.257 e. The van der Waals surface area contributed by atoms with Crippen molar-refractivity contribution in [3.05, 3.63) is 29.3 Å². The summed E-state index contributed by atoms with van der Waals surface area (Å²) >= 11 is 1.36. The zero-order valence-electron chi connectivity index (χ0n) is 13.4. The van der Waals surface area contributed by atoms with E-state index in [0.29, 0.717) is 47.8 Å². The molecule has 1 heterocycles. The van der Waals surface area contributed by atoms with Crippen LogP contribution in [-0.2, 0) is 0 Å². The average Bonchev–Trinajstić information content (AvgIpc) is 3.03. The number of rotatable bonds is 8. The molecule has 0 aliphatic rings. The molecule has 0 saturated carbocycles. The summed E-state index contributed by atoms with van der Waals surface area (Å²) in [5, 5.41) is 5.08. The van der Waals surface area contributed by atoms with Gasteiger partial charge >= 0.3 is 0 Å². The quantitative estimate of drug-likeness (QED) is 0.798. The summed E-state index contributed by atoms with van der Waals surface area (Å²) in [6.45, 7) is 7.03. The fourth-order valence-corrected chi connectivity index (χ4v) is 2.50. The lowest BCUT2D eigenvalue weighted by Crippen LogP contribution is -2.13. The first-order valence-electron chi connectivity index (χ1n) is 7.46. The molecule has 1 aromatic heterocycles. The summed E-state index contributed by atoms with van der Waals surface area (Å²) in [6.07, 6.45) is 1.63. The molecule has 0 saturated heterocycles. The van der Waals surface area contributed by atoms with Crippen molar-refractivity contribution in [1.29, 1.82) is 0 Å². The van der Waals surface area contributed by atoms with Crippen molar-refractivity contribution < 1.29 is 19.0 Å². The van der Waals surface area contributed by atoms with Crippen LogP contribution in [0, 0.1) is 0 Å². The van der Waals surface area contributed by atoms with E-state index in [9.17, 15) is 4.79 Å². The predicted octanol–water partition coefficient (Wildman–Crippen LogP) is 3.59. The molecule has 7 heteroatoms. The third-order valence-electron chi connectivity index (χ3n) is 2.82. The highest BCUT2D eigenvalue weighted by Crippen LogP contribution is 2.39. The Morgan fingerprint density at radius 2 is 1.70 bits per heavy atom. The second-order valence-corrected chi connectivity index (χ2v) is 5.29. The number of nitrogens with one attached hydrogen (secondary N) is 1. The molecular weight excluding hydrogens is 316 g/mol. The molecule has 0 aliphatic carbocycles. The van der Waals surface area contributed by atoms with Crippen LogP contribution in [0.1, 0.15) is 31.1 Å². The van der Waals surface area contributed by atoms with Gasteiger partial charge in [-0.1, -0.05) is 0 Å². The van der Waals surface area contributed by atoms with Crippen LogP contribution in [0.2, 0.25) is 0 Å². The molecule has 2 rings (SSSR count). The van der Waals surface area contributed by atoms with Gasteiger partial charge in [-0.25, -0.2) is 4.98 Å². The second-order valence-electron chi connectivity index (χ2n) is 4.39. The van der Waals surface area contributed by atoms with E-state index in [1.807, 2.05) is 20.8 Å². The van der Waals surface area contributed by atoms with Crippen LogP contribution in [-0.4, -0.2) is 30.7 Å². The minimum Gasteiger partial charge on any atom is -0.490 e. The van der Waals surface area contributed by atoms with E-state index in [-0.39, 0.29) is 5.91 Å². The van der Waals surface area contributed by atoms with Crippen LogP contribution in [0.15, 0.2) is 23.7 Å². The van der Waals surface area contributed by atoms with E-state index >= 15 is 0 Å². The highest BCUT2D eigenvalue weighted by Gasteiger charge is 2.18. The minimum absolute atomic E-state index is 0.273. The predicted molar refractivity (Wildman–Crippen MR) is 90.0 cm³/mol. The number of hydrogen-bond donors (Lipinski definition) is 1. The lowest BCUT2D eigenvalue weighted by atomic mass is 10.1. The molecule has 124 valence electrons. The molecule has 1 N–H and O–H groups in total. The number of benzene rings is 1. The standard InChI is InChI=1S/C16H20N2O4S/c1-4-20-12-9-11(15(19)18-16-17-7-8-23-16)10-13(21-5-2)14(12)22-6-3/h7-10H,4-6H2,1-3H3,(H,17,18,19). The van der Waals surface area contributed by atoms with Crippen molar-refractivity contribution in [3.8, 4) is 17.2 Å². The number of anilines is 1. The molecule has 0 fully saturated rings. The number of ether oxygens (including phenoxy) is 3. The number of carbonyl (C=O) groups is 1. The van der Waals surface area contributed by atoms with Crippen LogP contribution >= 0.6 is 11.3 Å². The molecule has 0 unspecified atom stereocenters. The lowest BCUT2D eigenvalue weighted by molar-refractivity contribution is 0.102. The van der Waals surface area contributed by atoms with E-state index in [0.717, 1.165) is 0 Å². The summed E-state index contributed by atoms with van der Waals surface area (Å²) in [5.41, 5.74) is 0.426. The molecule has 0 spiro atoms. The maximum absolute atomic E-state index is 12.4. The SMILES string of the molecule is CCOc1cc(C(=O)Nc2nccs2)cc(OCC)c1OCC. The summed E-state index contributed by atoms with van der Waals surface area (Å²) in [6, 6.07) is 3.31. The molecule has 0 bridgehead atoms. The highest BCUT2D eigenvalue weighted by molar-refractivity contribution is 7.13. The number of carbonyl (C=O) groups excluding carboxylic acids is 1. The van der Waals surface area contributed by atoms with Crippen LogP contribution in [0.5, 0.6) is 17.2 Å². The van der Waals surface area contributed by atoms with E-state index in [1.165, 1.54) is 11.3 Å². The van der Waals surface area contributed by atoms with E-state index in [1.54, 1.807) is 23.7 Å². The highest BCUT2D eigenvalue weighted by atomic mass is 32.1. The summed E-state index contributed by atoms with van der Waals surface area (Å²) < 4.78 is 16.8. The van der Waals surface area contributed by atoms with E-state index in [4.69, 9.17) is 14.2 Å². The summed E-state index contributed by atoms with van der Waals surface area (Å²) in [7, 11) is 0. The summed E-state index contributed by atoms with van der Waals surface area (Å²) in [5.74, 6) is 1.22. The normalized spacial score (nSPS) is 10.2. The van der Waals surface area contributed by atoms with Gasteiger partial charge in [0.15, 0.2) is 16.6 Å². The van der Waals surface area contributed by atoms with Crippen molar-refractivity contribution in [1.82, 2.24) is 4.98 Å². The number of amides is 1. The van der Waals surface area contributed by atoms with Crippen LogP contribution in [0.25, 0.3) is 0 Å². The number of nitrogens with zero attached hydrogens (tertiary/aromatic N) is 1. The molecule has 1 aromatic carbocycles. The van der Waals surface area contributed by atoms with Gasteiger partial charge in [0.05, 0.1) is 19.8 Å². The largest absolute Gasteiger partial charge is 0.490 e. The molecule has 0 aliphatic heterocycles. The van der Waals surface area contributed by atoms with E-state index in [2.05, 4.69) is 10.3 Å². The maximum atomic E-state index is 12.4. The fourth-order valence-electron chi connectivity index (χ4n) is 1.97. The zero-order chi connectivity index (χ0) is 16.7. The number of aromatic nitrogens is 1. The van der Waals surface area contributed by atoms with Crippen LogP contribution in [0.4, 0.5) is 5.13 Å². The van der Waals surface area contributed by atoms with Gasteiger partial charge in [0.25, 0.3) is 5.91 Å². The first kappa shape index (κ1) is 17.1. The topological polar surface area (TPSA) is 69.7 Å². The Bertz CT molecular complexity index is 617. The minimum atomic E-state index is -0.273. The van der Waals surface area contributed by atoms with Gasteiger partial charge in [-0.15, -0.1) is 11.3 Å². The molecule has 0 atom stereocenters. The maximum Gasteiger partial charge on any atom is 0.257 e. The molecule has 1 amide bonds. The summed E-state index contributed by atoms with van der Waals surface area (Å²) in [4.78, 5) is 16.4. The third kappa shape index (κ3) is 4.35. The van der Waals surface area contributed by atoms with Crippen molar-refractivity contribution in [2.45, 2.75) is 20.8 Å². The lowest BCUT2D eigenvalue weighted by Gasteiger charge is -2.16. The van der Waals surface area contributed by atoms with Crippen molar-refractivity contribution >= 4 is 22.4 Å². The van der Waals surface area contributed by atoms with Crippen LogP contribution < -0.4 is 19.5 Å². The zero-order valence-corrected chi connectivity index (χ0v) is 14.2. The Balaban J connectivity index is 2.36.